The molecule has 0 bridgehead atoms. The van der Waals surface area contributed by atoms with E-state index in [1.165, 1.54) is 0 Å². The molecule has 0 spiro atoms. The topological polar surface area (TPSA) is 84.9 Å². The minimum Gasteiger partial charge on any atom is -0.496 e. The Kier molecular flexibility index (Phi) is 6.67. The molecule has 0 saturated heterocycles. The summed E-state index contributed by atoms with van der Waals surface area (Å²) in [7, 11) is 1.61. The molecule has 0 unspecified atom stereocenters. The van der Waals surface area contributed by atoms with Crippen LogP contribution in [-0.4, -0.2) is 42.4 Å². The van der Waals surface area contributed by atoms with Crippen molar-refractivity contribution >= 4 is 23.5 Å². The Hall–Kier alpha value is -3.35. The van der Waals surface area contributed by atoms with Crippen molar-refractivity contribution in [2.75, 3.05) is 19.0 Å². The summed E-state index contributed by atoms with van der Waals surface area (Å²) >= 11 is 0. The molecule has 174 valence electrons. The normalized spacial score (nSPS) is 19.7. The second-order valence-corrected chi connectivity index (χ2v) is 8.66. The van der Waals surface area contributed by atoms with Gasteiger partial charge >= 0.3 is 5.97 Å². The number of anilines is 1. The molecular weight excluding hydrogens is 420 g/mol. The van der Waals surface area contributed by atoms with Crippen molar-refractivity contribution in [2.24, 2.45) is 5.92 Å². The smallest absolute Gasteiger partial charge is 0.338 e. The van der Waals surface area contributed by atoms with Gasteiger partial charge in [0, 0.05) is 35.8 Å². The zero-order valence-corrected chi connectivity index (χ0v) is 19.3. The SMILES string of the molecule is CCOC(=O)c1cccc2c1CN(C1CCC(C(=O)Nc3ccc(C)c(OC)c3)CC1)C2=O. The van der Waals surface area contributed by atoms with E-state index in [4.69, 9.17) is 9.47 Å². The molecule has 7 heteroatoms. The number of hydrogen-bond donors (Lipinski definition) is 1. The highest BCUT2D eigenvalue weighted by molar-refractivity contribution is 6.03. The molecule has 2 aliphatic rings. The van der Waals surface area contributed by atoms with Crippen molar-refractivity contribution in [3.05, 3.63) is 58.7 Å². The first-order valence-electron chi connectivity index (χ1n) is 11.5. The Bertz CT molecular complexity index is 1070. The van der Waals surface area contributed by atoms with E-state index in [-0.39, 0.29) is 23.8 Å². The second-order valence-electron chi connectivity index (χ2n) is 8.66. The third-order valence-corrected chi connectivity index (χ3v) is 6.67. The summed E-state index contributed by atoms with van der Waals surface area (Å²) in [6.07, 6.45) is 2.93. The van der Waals surface area contributed by atoms with Crippen LogP contribution < -0.4 is 10.1 Å². The number of hydrogen-bond acceptors (Lipinski definition) is 5. The average molecular weight is 451 g/mol. The number of amides is 2. The molecule has 0 aromatic heterocycles. The van der Waals surface area contributed by atoms with Gasteiger partial charge in [-0.25, -0.2) is 4.79 Å². The predicted molar refractivity (Wildman–Crippen MR) is 124 cm³/mol. The van der Waals surface area contributed by atoms with Crippen LogP contribution in [0.3, 0.4) is 0 Å². The van der Waals surface area contributed by atoms with Gasteiger partial charge in [0.15, 0.2) is 0 Å². The van der Waals surface area contributed by atoms with E-state index < -0.39 is 5.97 Å². The van der Waals surface area contributed by atoms with Crippen molar-refractivity contribution in [1.29, 1.82) is 0 Å². The van der Waals surface area contributed by atoms with E-state index in [9.17, 15) is 14.4 Å². The van der Waals surface area contributed by atoms with Gasteiger partial charge in [-0.05, 0) is 68.9 Å². The maximum absolute atomic E-state index is 13.1. The van der Waals surface area contributed by atoms with Gasteiger partial charge in [-0.15, -0.1) is 0 Å². The van der Waals surface area contributed by atoms with Crippen LogP contribution in [0.5, 0.6) is 5.75 Å². The molecule has 33 heavy (non-hydrogen) atoms. The minimum atomic E-state index is -0.392. The maximum Gasteiger partial charge on any atom is 0.338 e. The van der Waals surface area contributed by atoms with Gasteiger partial charge in [0.25, 0.3) is 5.91 Å². The Morgan fingerprint density at radius 1 is 1.12 bits per heavy atom. The number of benzene rings is 2. The van der Waals surface area contributed by atoms with Crippen LogP contribution in [0.4, 0.5) is 5.69 Å². The molecule has 2 amide bonds. The molecule has 1 N–H and O–H groups in total. The van der Waals surface area contributed by atoms with Crippen molar-refractivity contribution in [1.82, 2.24) is 4.90 Å². The number of carbonyl (C=O) groups is 3. The second kappa shape index (κ2) is 9.65. The molecule has 1 aliphatic carbocycles. The lowest BCUT2D eigenvalue weighted by molar-refractivity contribution is -0.121. The van der Waals surface area contributed by atoms with Crippen molar-refractivity contribution in [3.8, 4) is 5.75 Å². The highest BCUT2D eigenvalue weighted by Gasteiger charge is 2.38. The number of aryl methyl sites for hydroxylation is 1. The molecule has 0 atom stereocenters. The Morgan fingerprint density at radius 2 is 1.88 bits per heavy atom. The first kappa shape index (κ1) is 22.8. The summed E-state index contributed by atoms with van der Waals surface area (Å²) in [5, 5.41) is 3.00. The zero-order valence-electron chi connectivity index (χ0n) is 19.3. The number of carbonyl (C=O) groups excluding carboxylic acids is 3. The van der Waals surface area contributed by atoms with Gasteiger partial charge in [0.2, 0.25) is 5.91 Å². The molecule has 0 radical (unpaired) electrons. The quantitative estimate of drug-likeness (QED) is 0.662. The van der Waals surface area contributed by atoms with E-state index in [1.54, 1.807) is 32.2 Å². The minimum absolute atomic E-state index is 0.0000111. The number of methoxy groups -OCH3 is 1. The molecule has 1 saturated carbocycles. The van der Waals surface area contributed by atoms with Crippen molar-refractivity contribution in [2.45, 2.75) is 52.1 Å². The largest absolute Gasteiger partial charge is 0.496 e. The van der Waals surface area contributed by atoms with Crippen LogP contribution in [0.15, 0.2) is 36.4 Å². The Labute approximate surface area is 194 Å². The molecule has 7 nitrogen and oxygen atoms in total. The summed E-state index contributed by atoms with van der Waals surface area (Å²) in [5.41, 5.74) is 3.52. The van der Waals surface area contributed by atoms with Gasteiger partial charge in [-0.1, -0.05) is 12.1 Å². The average Bonchev–Trinajstić information content (AvgIpc) is 3.17. The van der Waals surface area contributed by atoms with Gasteiger partial charge in [-0.3, -0.25) is 9.59 Å². The van der Waals surface area contributed by atoms with Gasteiger partial charge in [0.1, 0.15) is 5.75 Å². The first-order valence-corrected chi connectivity index (χ1v) is 11.5. The number of esters is 1. The number of ether oxygens (including phenoxy) is 2. The maximum atomic E-state index is 13.1. The van der Waals surface area contributed by atoms with Crippen LogP contribution in [0.1, 0.15) is 64.4 Å². The summed E-state index contributed by atoms with van der Waals surface area (Å²) < 4.78 is 10.5. The zero-order chi connectivity index (χ0) is 23.5. The number of fused-ring (bicyclic) bond motifs is 1. The molecule has 4 rings (SSSR count). The fourth-order valence-electron chi connectivity index (χ4n) is 4.84. The fourth-order valence-corrected chi connectivity index (χ4v) is 4.84. The summed E-state index contributed by atoms with van der Waals surface area (Å²) in [4.78, 5) is 40.0. The highest BCUT2D eigenvalue weighted by atomic mass is 16.5. The molecule has 1 aliphatic heterocycles. The van der Waals surface area contributed by atoms with E-state index in [0.29, 0.717) is 37.1 Å². The van der Waals surface area contributed by atoms with Gasteiger partial charge in [-0.2, -0.15) is 0 Å². The first-order chi connectivity index (χ1) is 15.9. The van der Waals surface area contributed by atoms with Gasteiger partial charge in [0.05, 0.1) is 19.3 Å². The third kappa shape index (κ3) is 4.58. The number of nitrogens with one attached hydrogen (secondary N) is 1. The number of rotatable bonds is 6. The van der Waals surface area contributed by atoms with E-state index >= 15 is 0 Å². The standard InChI is InChI=1S/C26H30N2O5/c1-4-33-26(31)21-7-5-6-20-22(21)15-28(25(20)30)19-12-9-17(10-13-19)24(29)27-18-11-8-16(2)23(14-18)32-3/h5-8,11,14,17,19H,4,9-10,12-13,15H2,1-3H3,(H,27,29). The van der Waals surface area contributed by atoms with E-state index in [1.807, 2.05) is 30.0 Å². The van der Waals surface area contributed by atoms with Crippen LogP contribution >= 0.6 is 0 Å². The lowest BCUT2D eigenvalue weighted by Gasteiger charge is -2.34. The van der Waals surface area contributed by atoms with Crippen LogP contribution in [-0.2, 0) is 16.1 Å². The molecule has 2 aromatic carbocycles. The van der Waals surface area contributed by atoms with Crippen LogP contribution in [0.2, 0.25) is 0 Å². The monoisotopic (exact) mass is 450 g/mol. The fraction of sp³-hybridized carbons (Fsp3) is 0.423. The van der Waals surface area contributed by atoms with Crippen molar-refractivity contribution in [3.63, 3.8) is 0 Å². The lowest BCUT2D eigenvalue weighted by atomic mass is 9.84. The Balaban J connectivity index is 1.38. The molecular formula is C26H30N2O5. The van der Waals surface area contributed by atoms with E-state index in [2.05, 4.69) is 5.32 Å². The third-order valence-electron chi connectivity index (χ3n) is 6.67. The molecule has 2 aromatic rings. The van der Waals surface area contributed by atoms with E-state index in [0.717, 1.165) is 35.4 Å². The predicted octanol–water partition coefficient (Wildman–Crippen LogP) is 4.33. The van der Waals surface area contributed by atoms with Crippen LogP contribution in [0.25, 0.3) is 0 Å². The van der Waals surface area contributed by atoms with Crippen molar-refractivity contribution < 1.29 is 23.9 Å². The molecule has 1 fully saturated rings. The number of nitrogens with zero attached hydrogens (tertiary/aromatic N) is 1. The Morgan fingerprint density at radius 3 is 2.58 bits per heavy atom. The lowest BCUT2D eigenvalue weighted by Crippen LogP contribution is -2.40. The van der Waals surface area contributed by atoms with Gasteiger partial charge < -0.3 is 19.7 Å². The van der Waals surface area contributed by atoms with Crippen LogP contribution in [0, 0.1) is 12.8 Å². The summed E-state index contributed by atoms with van der Waals surface area (Å²) in [5.74, 6) is 0.211. The molecule has 1 heterocycles. The highest BCUT2D eigenvalue weighted by Crippen LogP contribution is 2.35. The summed E-state index contributed by atoms with van der Waals surface area (Å²) in [6.45, 7) is 4.43. The summed E-state index contributed by atoms with van der Waals surface area (Å²) in [6, 6.07) is 10.9.